The molecule has 0 fully saturated rings. The highest BCUT2D eigenvalue weighted by Gasteiger charge is 2.20. The number of fused-ring (bicyclic) bond motifs is 9. The normalized spacial score (nSPS) is 13.9. The van der Waals surface area contributed by atoms with Gasteiger partial charge in [-0.1, -0.05) is 146 Å². The summed E-state index contributed by atoms with van der Waals surface area (Å²) >= 11 is 0. The van der Waals surface area contributed by atoms with Crippen LogP contribution in [0.3, 0.4) is 0 Å². The van der Waals surface area contributed by atoms with Crippen molar-refractivity contribution in [3.05, 3.63) is 186 Å². The minimum atomic E-state index is -0.0215. The van der Waals surface area contributed by atoms with E-state index in [0.717, 1.165) is 89.1 Å². The van der Waals surface area contributed by atoms with Gasteiger partial charge >= 0.3 is 0 Å². The Labute approximate surface area is 332 Å². The standard InChI is InChI=1S/C53H33N3O2/c1-2-9-32(10-3-1)36-22-23-38-30-39(26-24-37(38)29-36)52-54-51(35-20-17-33(18-21-35)41-13-8-16-47-49(41)42-11-4-6-14-45(42)57-47)55-53(56-52)40-25-19-34-27-28-48-50(44(34)31-40)43-12-5-7-15-46(43)58-48/h1-25,27-31,39H,26H2. The lowest BCUT2D eigenvalue weighted by atomic mass is 9.94. The van der Waals surface area contributed by atoms with Gasteiger partial charge in [0, 0.05) is 38.6 Å². The predicted molar refractivity (Wildman–Crippen MR) is 236 cm³/mol. The molecule has 1 aliphatic rings. The average molecular weight is 744 g/mol. The highest BCUT2D eigenvalue weighted by Crippen LogP contribution is 2.39. The van der Waals surface area contributed by atoms with E-state index in [1.807, 2.05) is 30.3 Å². The van der Waals surface area contributed by atoms with Crippen molar-refractivity contribution in [1.29, 1.82) is 0 Å². The largest absolute Gasteiger partial charge is 0.456 e. The van der Waals surface area contributed by atoms with E-state index in [9.17, 15) is 0 Å². The van der Waals surface area contributed by atoms with Gasteiger partial charge in [-0.3, -0.25) is 0 Å². The van der Waals surface area contributed by atoms with Crippen LogP contribution >= 0.6 is 0 Å². The lowest BCUT2D eigenvalue weighted by Gasteiger charge is -2.16. The second-order valence-corrected chi connectivity index (χ2v) is 15.1. The molecule has 3 aromatic heterocycles. The Bertz CT molecular complexity index is 3550. The first kappa shape index (κ1) is 32.6. The summed E-state index contributed by atoms with van der Waals surface area (Å²) < 4.78 is 12.5. The molecule has 0 saturated carbocycles. The monoisotopic (exact) mass is 743 g/mol. The molecule has 0 amide bonds. The second kappa shape index (κ2) is 13.0. The Morgan fingerprint density at radius 1 is 0.414 bits per heavy atom. The number of furan rings is 2. The molecule has 8 aromatic carbocycles. The third kappa shape index (κ3) is 5.35. The fourth-order valence-corrected chi connectivity index (χ4v) is 8.74. The molecule has 0 N–H and O–H groups in total. The van der Waals surface area contributed by atoms with Crippen molar-refractivity contribution in [2.24, 2.45) is 0 Å². The quantitative estimate of drug-likeness (QED) is 0.176. The van der Waals surface area contributed by atoms with E-state index in [0.29, 0.717) is 11.6 Å². The van der Waals surface area contributed by atoms with E-state index in [4.69, 9.17) is 23.8 Å². The van der Waals surface area contributed by atoms with Crippen molar-refractivity contribution < 1.29 is 8.83 Å². The predicted octanol–water partition coefficient (Wildman–Crippen LogP) is 12.2. The number of rotatable bonds is 5. The maximum absolute atomic E-state index is 6.27. The number of hydrogen-bond donors (Lipinski definition) is 0. The van der Waals surface area contributed by atoms with Crippen LogP contribution in [0.1, 0.15) is 18.2 Å². The average Bonchev–Trinajstić information content (AvgIpc) is 3.88. The van der Waals surface area contributed by atoms with Crippen LogP contribution in [0.15, 0.2) is 179 Å². The first-order chi connectivity index (χ1) is 28.7. The summed E-state index contributed by atoms with van der Waals surface area (Å²) in [6.45, 7) is 0. The zero-order chi connectivity index (χ0) is 38.2. The van der Waals surface area contributed by atoms with Gasteiger partial charge in [-0.25, -0.2) is 15.0 Å². The molecule has 1 unspecified atom stereocenters. The molecule has 1 aliphatic carbocycles. The Morgan fingerprint density at radius 2 is 1.05 bits per heavy atom. The highest BCUT2D eigenvalue weighted by molar-refractivity contribution is 6.19. The zero-order valence-electron chi connectivity index (χ0n) is 31.3. The lowest BCUT2D eigenvalue weighted by molar-refractivity contribution is 0.668. The van der Waals surface area contributed by atoms with E-state index in [2.05, 4.69) is 152 Å². The summed E-state index contributed by atoms with van der Waals surface area (Å²) in [6, 6.07) is 59.2. The fraction of sp³-hybridized carbons (Fsp3) is 0.0377. The topological polar surface area (TPSA) is 65.0 Å². The van der Waals surface area contributed by atoms with Crippen LogP contribution in [-0.2, 0) is 0 Å². The van der Waals surface area contributed by atoms with Gasteiger partial charge in [0.05, 0.1) is 0 Å². The van der Waals surface area contributed by atoms with Crippen LogP contribution in [0.4, 0.5) is 0 Å². The van der Waals surface area contributed by atoms with Crippen LogP contribution in [0.25, 0.3) is 112 Å². The lowest BCUT2D eigenvalue weighted by Crippen LogP contribution is -2.29. The smallest absolute Gasteiger partial charge is 0.163 e. The molecule has 11 aromatic rings. The van der Waals surface area contributed by atoms with Gasteiger partial charge in [0.25, 0.3) is 0 Å². The molecule has 58 heavy (non-hydrogen) atoms. The molecule has 0 aliphatic heterocycles. The summed E-state index contributed by atoms with van der Waals surface area (Å²) in [5.41, 5.74) is 10.0. The second-order valence-electron chi connectivity index (χ2n) is 15.1. The minimum absolute atomic E-state index is 0.0215. The zero-order valence-corrected chi connectivity index (χ0v) is 31.3. The number of aromatic nitrogens is 3. The van der Waals surface area contributed by atoms with Crippen LogP contribution in [0.2, 0.25) is 0 Å². The Hall–Kier alpha value is -7.63. The first-order valence-electron chi connectivity index (χ1n) is 19.7. The molecule has 5 heteroatoms. The van der Waals surface area contributed by atoms with Crippen molar-refractivity contribution in [2.75, 3.05) is 0 Å². The van der Waals surface area contributed by atoms with Gasteiger partial charge in [0.1, 0.15) is 28.2 Å². The van der Waals surface area contributed by atoms with Crippen molar-refractivity contribution in [3.63, 3.8) is 0 Å². The summed E-state index contributed by atoms with van der Waals surface area (Å²) in [5, 5.41) is 9.08. The fourth-order valence-electron chi connectivity index (χ4n) is 8.74. The van der Waals surface area contributed by atoms with Crippen LogP contribution in [0.5, 0.6) is 0 Å². The van der Waals surface area contributed by atoms with Crippen molar-refractivity contribution in [2.45, 2.75) is 12.3 Å². The number of nitrogens with zero attached hydrogens (tertiary/aromatic N) is 3. The summed E-state index contributed by atoms with van der Waals surface area (Å²) in [7, 11) is 0. The Balaban J connectivity index is 0.997. The minimum Gasteiger partial charge on any atom is -0.456 e. The van der Waals surface area contributed by atoms with Crippen LogP contribution in [0, 0.1) is 0 Å². The van der Waals surface area contributed by atoms with E-state index in [1.54, 1.807) is 0 Å². The van der Waals surface area contributed by atoms with Gasteiger partial charge in [0.15, 0.2) is 11.6 Å². The maximum atomic E-state index is 6.27. The van der Waals surface area contributed by atoms with Gasteiger partial charge in [0.2, 0.25) is 0 Å². The van der Waals surface area contributed by atoms with Gasteiger partial charge in [-0.05, 0) is 86.3 Å². The van der Waals surface area contributed by atoms with Crippen LogP contribution < -0.4 is 10.4 Å². The van der Waals surface area contributed by atoms with Crippen molar-refractivity contribution >= 4 is 66.8 Å². The SMILES string of the molecule is C1=c2ccc(-c3ccccc3)cc2=CCC1c1nc(-c2ccc(-c3cccc4oc5ccccc5c34)cc2)nc(-c2ccc3ccc4oc5ccccc5c4c3c2)n1. The van der Waals surface area contributed by atoms with Crippen molar-refractivity contribution in [1.82, 2.24) is 15.0 Å². The van der Waals surface area contributed by atoms with E-state index in [1.165, 1.54) is 21.6 Å². The van der Waals surface area contributed by atoms with E-state index in [-0.39, 0.29) is 5.92 Å². The van der Waals surface area contributed by atoms with Crippen molar-refractivity contribution in [3.8, 4) is 45.0 Å². The summed E-state index contributed by atoms with van der Waals surface area (Å²) in [5.74, 6) is 2.01. The molecular formula is C53H33N3O2. The Kier molecular flexibility index (Phi) is 7.29. The van der Waals surface area contributed by atoms with E-state index >= 15 is 0 Å². The number of benzene rings is 8. The van der Waals surface area contributed by atoms with Gasteiger partial charge in [-0.15, -0.1) is 0 Å². The third-order valence-corrected chi connectivity index (χ3v) is 11.6. The molecule has 272 valence electrons. The molecule has 1 atom stereocenters. The molecular weight excluding hydrogens is 711 g/mol. The summed E-state index contributed by atoms with van der Waals surface area (Å²) in [6.07, 6.45) is 5.42. The molecule has 0 spiro atoms. The maximum Gasteiger partial charge on any atom is 0.163 e. The molecule has 0 bridgehead atoms. The van der Waals surface area contributed by atoms with Crippen LogP contribution in [-0.4, -0.2) is 15.0 Å². The molecule has 3 heterocycles. The summed E-state index contributed by atoms with van der Waals surface area (Å²) in [4.78, 5) is 15.7. The Morgan fingerprint density at radius 3 is 1.86 bits per heavy atom. The highest BCUT2D eigenvalue weighted by atomic mass is 16.3. The molecule has 12 rings (SSSR count). The molecule has 5 nitrogen and oxygen atoms in total. The third-order valence-electron chi connectivity index (χ3n) is 11.6. The number of para-hydroxylation sites is 2. The molecule has 0 saturated heterocycles. The van der Waals surface area contributed by atoms with Gasteiger partial charge in [-0.2, -0.15) is 0 Å². The number of hydrogen-bond acceptors (Lipinski definition) is 5. The molecule has 0 radical (unpaired) electrons. The van der Waals surface area contributed by atoms with E-state index < -0.39 is 0 Å². The van der Waals surface area contributed by atoms with Gasteiger partial charge < -0.3 is 8.83 Å². The first-order valence-corrected chi connectivity index (χ1v) is 19.7.